The first-order valence-electron chi connectivity index (χ1n) is 5.65. The van der Waals surface area contributed by atoms with E-state index in [1.165, 1.54) is 13.2 Å². The lowest BCUT2D eigenvalue weighted by Gasteiger charge is -2.13. The summed E-state index contributed by atoms with van der Waals surface area (Å²) in [7, 11) is -1.67. The molecule has 6 nitrogen and oxygen atoms in total. The van der Waals surface area contributed by atoms with Gasteiger partial charge >= 0.3 is 0 Å². The molecule has 0 bridgehead atoms. The first-order valence-corrected chi connectivity index (χ1v) is 7.71. The smallest absolute Gasteiger partial charge is 0.251 e. The fraction of sp³-hybridized carbons (Fsp3) is 0.417. The number of benzene rings is 1. The summed E-state index contributed by atoms with van der Waals surface area (Å²) in [4.78, 5) is 11.9. The Morgan fingerprint density at radius 2 is 2.11 bits per heavy atom. The molecule has 3 N–H and O–H groups in total. The van der Waals surface area contributed by atoms with Gasteiger partial charge in [0.2, 0.25) is 0 Å². The zero-order valence-electron chi connectivity index (χ0n) is 11.1. The van der Waals surface area contributed by atoms with Crippen molar-refractivity contribution in [2.45, 2.75) is 13.0 Å². The van der Waals surface area contributed by atoms with E-state index in [9.17, 15) is 13.2 Å². The van der Waals surface area contributed by atoms with Crippen molar-refractivity contribution in [3.05, 3.63) is 23.8 Å². The number of nitrogens with two attached hydrogens (primary N) is 1. The van der Waals surface area contributed by atoms with Crippen LogP contribution in [0.3, 0.4) is 0 Å². The molecule has 7 heteroatoms. The highest BCUT2D eigenvalue weighted by Gasteiger charge is 2.15. The SMILES string of the molecule is COc1cc(C(=O)NC(C)CS(C)(=O)=O)ccc1N. The molecule has 0 aliphatic rings. The van der Waals surface area contributed by atoms with Crippen LogP contribution in [0.2, 0.25) is 0 Å². The van der Waals surface area contributed by atoms with Gasteiger partial charge in [-0.15, -0.1) is 0 Å². The summed E-state index contributed by atoms with van der Waals surface area (Å²) in [6.45, 7) is 1.63. The molecule has 0 aliphatic carbocycles. The second-order valence-corrected chi connectivity index (χ2v) is 6.61. The predicted molar refractivity (Wildman–Crippen MR) is 74.0 cm³/mol. The van der Waals surface area contributed by atoms with Crippen molar-refractivity contribution in [2.75, 3.05) is 24.9 Å². The van der Waals surface area contributed by atoms with Gasteiger partial charge in [-0.25, -0.2) is 8.42 Å². The topological polar surface area (TPSA) is 98.5 Å². The Hall–Kier alpha value is -1.76. The van der Waals surface area contributed by atoms with Crippen LogP contribution in [0, 0.1) is 0 Å². The molecule has 1 amide bonds. The second-order valence-electron chi connectivity index (χ2n) is 4.42. The van der Waals surface area contributed by atoms with Gasteiger partial charge in [0.25, 0.3) is 5.91 Å². The summed E-state index contributed by atoms with van der Waals surface area (Å²) in [5.74, 6) is -0.0666. The summed E-state index contributed by atoms with van der Waals surface area (Å²) < 4.78 is 27.3. The highest BCUT2D eigenvalue weighted by molar-refractivity contribution is 7.90. The molecule has 1 atom stereocenters. The fourth-order valence-electron chi connectivity index (χ4n) is 1.66. The van der Waals surface area contributed by atoms with Crippen LogP contribution in [0.25, 0.3) is 0 Å². The first kappa shape index (κ1) is 15.3. The number of nitrogens with one attached hydrogen (secondary N) is 1. The number of amides is 1. The molecule has 0 saturated heterocycles. The summed E-state index contributed by atoms with van der Waals surface area (Å²) >= 11 is 0. The Kier molecular flexibility index (Phi) is 4.77. The molecular weight excluding hydrogens is 268 g/mol. The van der Waals surface area contributed by atoms with E-state index >= 15 is 0 Å². The number of hydrogen-bond donors (Lipinski definition) is 2. The molecule has 0 saturated carbocycles. The van der Waals surface area contributed by atoms with E-state index in [1.807, 2.05) is 0 Å². The fourth-order valence-corrected chi connectivity index (χ4v) is 2.65. The molecule has 1 aromatic carbocycles. The van der Waals surface area contributed by atoms with Crippen LogP contribution in [0.15, 0.2) is 18.2 Å². The van der Waals surface area contributed by atoms with Crippen LogP contribution in [-0.4, -0.2) is 39.5 Å². The lowest BCUT2D eigenvalue weighted by atomic mass is 10.1. The summed E-state index contributed by atoms with van der Waals surface area (Å²) in [6, 6.07) is 4.17. The highest BCUT2D eigenvalue weighted by Crippen LogP contribution is 2.22. The minimum atomic E-state index is -3.13. The van der Waals surface area contributed by atoms with E-state index in [1.54, 1.807) is 19.1 Å². The van der Waals surface area contributed by atoms with Gasteiger partial charge in [0.1, 0.15) is 15.6 Å². The number of anilines is 1. The van der Waals surface area contributed by atoms with E-state index < -0.39 is 15.9 Å². The molecule has 19 heavy (non-hydrogen) atoms. The highest BCUT2D eigenvalue weighted by atomic mass is 32.2. The Labute approximate surface area is 112 Å². The Morgan fingerprint density at radius 1 is 1.47 bits per heavy atom. The molecule has 0 fully saturated rings. The third-order valence-corrected chi connectivity index (χ3v) is 3.53. The minimum Gasteiger partial charge on any atom is -0.495 e. The first-order chi connectivity index (χ1) is 8.73. The molecule has 0 aromatic heterocycles. The van der Waals surface area contributed by atoms with Crippen molar-refractivity contribution in [2.24, 2.45) is 0 Å². The molecule has 0 spiro atoms. The molecule has 0 radical (unpaired) electrons. The molecule has 1 rings (SSSR count). The molecule has 0 heterocycles. The van der Waals surface area contributed by atoms with E-state index in [0.29, 0.717) is 17.0 Å². The minimum absolute atomic E-state index is 0.106. The lowest BCUT2D eigenvalue weighted by Crippen LogP contribution is -2.37. The molecule has 1 unspecified atom stereocenters. The van der Waals surface area contributed by atoms with E-state index in [0.717, 1.165) is 6.26 Å². The van der Waals surface area contributed by atoms with Crippen LogP contribution >= 0.6 is 0 Å². The average Bonchev–Trinajstić information content (AvgIpc) is 2.26. The standard InChI is InChI=1S/C12H18N2O4S/c1-8(7-19(3,16)17)14-12(15)9-4-5-10(13)11(6-9)18-2/h4-6,8H,7,13H2,1-3H3,(H,14,15). The van der Waals surface area contributed by atoms with Crippen molar-refractivity contribution in [1.29, 1.82) is 0 Å². The third kappa shape index (κ3) is 4.78. The lowest BCUT2D eigenvalue weighted by molar-refractivity contribution is 0.0943. The maximum atomic E-state index is 11.9. The number of methoxy groups -OCH3 is 1. The third-order valence-electron chi connectivity index (χ3n) is 2.43. The van der Waals surface area contributed by atoms with Crippen LogP contribution in [0.5, 0.6) is 5.75 Å². The van der Waals surface area contributed by atoms with Gasteiger partial charge in [0, 0.05) is 17.9 Å². The molecule has 1 aromatic rings. The van der Waals surface area contributed by atoms with Gasteiger partial charge in [-0.2, -0.15) is 0 Å². The number of sulfone groups is 1. The zero-order chi connectivity index (χ0) is 14.6. The van der Waals surface area contributed by atoms with E-state index in [4.69, 9.17) is 10.5 Å². The quantitative estimate of drug-likeness (QED) is 0.765. The number of carbonyl (C=O) groups excluding carboxylic acids is 1. The van der Waals surface area contributed by atoms with Crippen LogP contribution in [0.4, 0.5) is 5.69 Å². The van der Waals surface area contributed by atoms with Crippen molar-refractivity contribution < 1.29 is 17.9 Å². The normalized spacial score (nSPS) is 12.8. The number of rotatable bonds is 5. The van der Waals surface area contributed by atoms with E-state index in [2.05, 4.69) is 5.32 Å². The number of nitrogen functional groups attached to an aromatic ring is 1. The molecule has 106 valence electrons. The van der Waals surface area contributed by atoms with Crippen LogP contribution in [-0.2, 0) is 9.84 Å². The summed E-state index contributed by atoms with van der Waals surface area (Å²) in [6.07, 6.45) is 1.13. The summed E-state index contributed by atoms with van der Waals surface area (Å²) in [5, 5.41) is 2.61. The summed E-state index contributed by atoms with van der Waals surface area (Å²) in [5.41, 5.74) is 6.45. The zero-order valence-corrected chi connectivity index (χ0v) is 12.0. The van der Waals surface area contributed by atoms with Gasteiger partial charge in [-0.3, -0.25) is 4.79 Å². The van der Waals surface area contributed by atoms with Gasteiger partial charge in [0.05, 0.1) is 18.6 Å². The van der Waals surface area contributed by atoms with Crippen molar-refractivity contribution in [3.8, 4) is 5.75 Å². The maximum Gasteiger partial charge on any atom is 0.251 e. The largest absolute Gasteiger partial charge is 0.495 e. The number of carbonyl (C=O) groups is 1. The number of ether oxygens (including phenoxy) is 1. The van der Waals surface area contributed by atoms with Gasteiger partial charge < -0.3 is 15.8 Å². The molecular formula is C12H18N2O4S. The maximum absolute atomic E-state index is 11.9. The van der Waals surface area contributed by atoms with E-state index in [-0.39, 0.29) is 11.7 Å². The van der Waals surface area contributed by atoms with Crippen molar-refractivity contribution >= 4 is 21.4 Å². The monoisotopic (exact) mass is 286 g/mol. The van der Waals surface area contributed by atoms with Gasteiger partial charge in [0.15, 0.2) is 0 Å². The Balaban J connectivity index is 2.78. The average molecular weight is 286 g/mol. The van der Waals surface area contributed by atoms with Crippen molar-refractivity contribution in [3.63, 3.8) is 0 Å². The Bertz CT molecular complexity index is 569. The van der Waals surface area contributed by atoms with Crippen molar-refractivity contribution in [1.82, 2.24) is 5.32 Å². The van der Waals surface area contributed by atoms with Gasteiger partial charge in [-0.1, -0.05) is 0 Å². The second kappa shape index (κ2) is 5.92. The van der Waals surface area contributed by atoms with Crippen LogP contribution < -0.4 is 15.8 Å². The number of hydrogen-bond acceptors (Lipinski definition) is 5. The van der Waals surface area contributed by atoms with Gasteiger partial charge in [-0.05, 0) is 25.1 Å². The Morgan fingerprint density at radius 3 is 2.63 bits per heavy atom. The predicted octanol–water partition coefficient (Wildman–Crippen LogP) is 0.440. The van der Waals surface area contributed by atoms with Crippen LogP contribution in [0.1, 0.15) is 17.3 Å². The molecule has 0 aliphatic heterocycles.